The van der Waals surface area contributed by atoms with Crippen molar-refractivity contribution in [3.05, 3.63) is 65.0 Å². The van der Waals surface area contributed by atoms with E-state index in [1.54, 1.807) is 12.4 Å². The molecule has 0 aliphatic heterocycles. The number of rotatable bonds is 2. The molecular weight excluding hydrogens is 234 g/mol. The Morgan fingerprint density at radius 3 is 2.95 bits per heavy atom. The maximum Gasteiger partial charge on any atom is 0.0876 e. The van der Waals surface area contributed by atoms with Gasteiger partial charge in [-0.25, -0.2) is 0 Å². The van der Waals surface area contributed by atoms with Crippen LogP contribution in [0.2, 0.25) is 0 Å². The molecule has 0 bridgehead atoms. The Bertz CT molecular complexity index is 579. The highest BCUT2D eigenvalue weighted by atomic mass is 16.3. The van der Waals surface area contributed by atoms with Gasteiger partial charge in [-0.15, -0.1) is 0 Å². The summed E-state index contributed by atoms with van der Waals surface area (Å²) in [5.74, 6) is 0.202. The number of pyridine rings is 1. The molecule has 0 saturated carbocycles. The summed E-state index contributed by atoms with van der Waals surface area (Å²) in [7, 11) is 0. The van der Waals surface area contributed by atoms with Gasteiger partial charge in [0.1, 0.15) is 0 Å². The third-order valence-electron chi connectivity index (χ3n) is 4.20. The Morgan fingerprint density at radius 1 is 1.26 bits per heavy atom. The van der Waals surface area contributed by atoms with E-state index in [1.807, 2.05) is 13.0 Å². The van der Waals surface area contributed by atoms with Crippen LogP contribution in [0.5, 0.6) is 0 Å². The van der Waals surface area contributed by atoms with Crippen LogP contribution in [0.4, 0.5) is 0 Å². The van der Waals surface area contributed by atoms with Crippen LogP contribution in [0.3, 0.4) is 0 Å². The Kier molecular flexibility index (Phi) is 3.34. The van der Waals surface area contributed by atoms with Crippen LogP contribution in [0, 0.1) is 6.92 Å². The van der Waals surface area contributed by atoms with E-state index < -0.39 is 6.10 Å². The maximum atomic E-state index is 10.7. The Labute approximate surface area is 114 Å². The van der Waals surface area contributed by atoms with Crippen molar-refractivity contribution in [1.82, 2.24) is 4.98 Å². The van der Waals surface area contributed by atoms with Gasteiger partial charge in [0.05, 0.1) is 6.10 Å². The van der Waals surface area contributed by atoms with Crippen LogP contribution in [-0.2, 0) is 6.42 Å². The van der Waals surface area contributed by atoms with Crippen molar-refractivity contribution in [3.8, 4) is 0 Å². The van der Waals surface area contributed by atoms with E-state index in [2.05, 4.69) is 29.2 Å². The number of nitrogens with zero attached hydrogens (tertiary/aromatic N) is 1. The second-order valence-electron chi connectivity index (χ2n) is 5.37. The predicted molar refractivity (Wildman–Crippen MR) is 76.1 cm³/mol. The summed E-state index contributed by atoms with van der Waals surface area (Å²) in [6, 6.07) is 10.5. The lowest BCUT2D eigenvalue weighted by Gasteiger charge is -2.30. The topological polar surface area (TPSA) is 33.1 Å². The van der Waals surface area contributed by atoms with Gasteiger partial charge < -0.3 is 5.11 Å². The molecule has 98 valence electrons. The summed E-state index contributed by atoms with van der Waals surface area (Å²) in [6.45, 7) is 2.04. The van der Waals surface area contributed by atoms with Crippen LogP contribution in [-0.4, -0.2) is 10.1 Å². The minimum absolute atomic E-state index is 0.202. The lowest BCUT2D eigenvalue weighted by atomic mass is 9.78. The minimum Gasteiger partial charge on any atom is -0.388 e. The second-order valence-corrected chi connectivity index (χ2v) is 5.37. The van der Waals surface area contributed by atoms with E-state index >= 15 is 0 Å². The number of fused-ring (bicyclic) bond motifs is 1. The van der Waals surface area contributed by atoms with Crippen molar-refractivity contribution >= 4 is 0 Å². The van der Waals surface area contributed by atoms with E-state index in [9.17, 15) is 5.11 Å². The maximum absolute atomic E-state index is 10.7. The van der Waals surface area contributed by atoms with Crippen LogP contribution >= 0.6 is 0 Å². The lowest BCUT2D eigenvalue weighted by molar-refractivity contribution is 0.135. The molecule has 1 aliphatic carbocycles. The van der Waals surface area contributed by atoms with Crippen molar-refractivity contribution in [3.63, 3.8) is 0 Å². The van der Waals surface area contributed by atoms with Crippen LogP contribution < -0.4 is 0 Å². The number of aliphatic hydroxyl groups is 1. The lowest BCUT2D eigenvalue weighted by Crippen LogP contribution is -2.18. The molecular formula is C17H19NO. The van der Waals surface area contributed by atoms with E-state index in [4.69, 9.17) is 0 Å². The standard InChI is InChI=1S/C17H19NO/c1-12-9-10-18-11-16(12)17(19)15-8-4-6-13-5-2-3-7-14(13)15/h2-3,5,7,9-11,15,17,19H,4,6,8H2,1H3. The fraction of sp³-hybridized carbons (Fsp3) is 0.353. The van der Waals surface area contributed by atoms with Gasteiger partial charge >= 0.3 is 0 Å². The highest BCUT2D eigenvalue weighted by Crippen LogP contribution is 2.40. The number of aromatic nitrogens is 1. The van der Waals surface area contributed by atoms with Gasteiger partial charge in [-0.1, -0.05) is 24.3 Å². The predicted octanol–water partition coefficient (Wildman–Crippen LogP) is 3.54. The summed E-state index contributed by atoms with van der Waals surface area (Å²) in [4.78, 5) is 4.16. The van der Waals surface area contributed by atoms with Crippen molar-refractivity contribution in [1.29, 1.82) is 0 Å². The van der Waals surface area contributed by atoms with E-state index in [0.29, 0.717) is 0 Å². The normalized spacial score (nSPS) is 19.8. The minimum atomic E-state index is -0.449. The molecule has 2 atom stereocenters. The molecule has 1 aliphatic rings. The number of benzene rings is 1. The smallest absolute Gasteiger partial charge is 0.0876 e. The van der Waals surface area contributed by atoms with Crippen LogP contribution in [0.1, 0.15) is 47.1 Å². The van der Waals surface area contributed by atoms with Crippen molar-refractivity contribution in [2.24, 2.45) is 0 Å². The highest BCUT2D eigenvalue weighted by Gasteiger charge is 2.28. The molecule has 1 N–H and O–H groups in total. The first kappa shape index (κ1) is 12.4. The van der Waals surface area contributed by atoms with Gasteiger partial charge in [-0.3, -0.25) is 4.98 Å². The first-order valence-electron chi connectivity index (χ1n) is 6.94. The fourth-order valence-electron chi connectivity index (χ4n) is 3.12. The molecule has 2 unspecified atom stereocenters. The van der Waals surface area contributed by atoms with Crippen molar-refractivity contribution in [2.45, 2.75) is 38.2 Å². The largest absolute Gasteiger partial charge is 0.388 e. The zero-order valence-electron chi connectivity index (χ0n) is 11.2. The average molecular weight is 253 g/mol. The Hall–Kier alpha value is -1.67. The summed E-state index contributed by atoms with van der Waals surface area (Å²) in [5.41, 5.74) is 4.78. The number of aryl methyl sites for hydroxylation is 2. The van der Waals surface area contributed by atoms with Gasteiger partial charge in [-0.05, 0) is 48.9 Å². The summed E-state index contributed by atoms with van der Waals surface area (Å²) in [5, 5.41) is 10.7. The number of aliphatic hydroxyl groups excluding tert-OH is 1. The molecule has 1 heterocycles. The van der Waals surface area contributed by atoms with Crippen LogP contribution in [0.25, 0.3) is 0 Å². The van der Waals surface area contributed by atoms with Crippen molar-refractivity contribution < 1.29 is 5.11 Å². The van der Waals surface area contributed by atoms with Gasteiger partial charge in [0.15, 0.2) is 0 Å². The first-order chi connectivity index (χ1) is 9.27. The zero-order valence-corrected chi connectivity index (χ0v) is 11.2. The molecule has 2 heteroatoms. The fourth-order valence-corrected chi connectivity index (χ4v) is 3.12. The molecule has 2 aromatic rings. The first-order valence-corrected chi connectivity index (χ1v) is 6.94. The molecule has 0 spiro atoms. The molecule has 1 aromatic carbocycles. The van der Waals surface area contributed by atoms with Gasteiger partial charge in [0.25, 0.3) is 0 Å². The zero-order chi connectivity index (χ0) is 13.2. The molecule has 0 saturated heterocycles. The third-order valence-corrected chi connectivity index (χ3v) is 4.20. The summed E-state index contributed by atoms with van der Waals surface area (Å²) in [6.07, 6.45) is 6.46. The van der Waals surface area contributed by atoms with Gasteiger partial charge in [-0.2, -0.15) is 0 Å². The average Bonchev–Trinajstić information content (AvgIpc) is 2.46. The quantitative estimate of drug-likeness (QED) is 0.888. The molecule has 19 heavy (non-hydrogen) atoms. The number of hydrogen-bond acceptors (Lipinski definition) is 2. The molecule has 0 amide bonds. The summed E-state index contributed by atoms with van der Waals surface area (Å²) >= 11 is 0. The van der Waals surface area contributed by atoms with E-state index in [0.717, 1.165) is 30.4 Å². The molecule has 3 rings (SSSR count). The molecule has 0 radical (unpaired) electrons. The number of hydrogen-bond donors (Lipinski definition) is 1. The van der Waals surface area contributed by atoms with Gasteiger partial charge in [0, 0.05) is 23.9 Å². The molecule has 1 aromatic heterocycles. The van der Waals surface area contributed by atoms with Gasteiger partial charge in [0.2, 0.25) is 0 Å². The third kappa shape index (κ3) is 2.28. The Balaban J connectivity index is 1.98. The van der Waals surface area contributed by atoms with E-state index in [1.165, 1.54) is 11.1 Å². The highest BCUT2D eigenvalue weighted by molar-refractivity contribution is 5.36. The second kappa shape index (κ2) is 5.14. The van der Waals surface area contributed by atoms with Crippen molar-refractivity contribution in [2.75, 3.05) is 0 Å². The van der Waals surface area contributed by atoms with E-state index in [-0.39, 0.29) is 5.92 Å². The molecule has 2 nitrogen and oxygen atoms in total. The Morgan fingerprint density at radius 2 is 2.11 bits per heavy atom. The SMILES string of the molecule is Cc1ccncc1C(O)C1CCCc2ccccc21. The molecule has 0 fully saturated rings. The monoisotopic (exact) mass is 253 g/mol. The van der Waals surface area contributed by atoms with Crippen LogP contribution in [0.15, 0.2) is 42.7 Å². The summed E-state index contributed by atoms with van der Waals surface area (Å²) < 4.78 is 0.